The summed E-state index contributed by atoms with van der Waals surface area (Å²) in [5.41, 5.74) is 1.71. The van der Waals surface area contributed by atoms with Gasteiger partial charge in [0.2, 0.25) is 0 Å². The fraction of sp³-hybridized carbons (Fsp3) is 0.692. The molecule has 0 bridgehead atoms. The van der Waals surface area contributed by atoms with E-state index in [0.29, 0.717) is 6.04 Å². The minimum atomic E-state index is 0.155. The van der Waals surface area contributed by atoms with Crippen molar-refractivity contribution in [2.45, 2.75) is 45.6 Å². The largest absolute Gasteiger partial charge is 0.336 e. The van der Waals surface area contributed by atoms with Crippen molar-refractivity contribution >= 4 is 5.91 Å². The van der Waals surface area contributed by atoms with E-state index in [0.717, 1.165) is 37.1 Å². The monoisotopic (exact) mass is 235 g/mol. The van der Waals surface area contributed by atoms with Crippen LogP contribution in [0.25, 0.3) is 0 Å². The van der Waals surface area contributed by atoms with Crippen LogP contribution in [0.5, 0.6) is 0 Å². The highest BCUT2D eigenvalue weighted by Gasteiger charge is 2.27. The van der Waals surface area contributed by atoms with Crippen LogP contribution in [0.15, 0.2) is 6.20 Å². The molecule has 1 aromatic heterocycles. The molecule has 1 atom stereocenters. The van der Waals surface area contributed by atoms with Gasteiger partial charge in [-0.15, -0.1) is 0 Å². The van der Waals surface area contributed by atoms with Gasteiger partial charge in [0, 0.05) is 25.3 Å². The average molecular weight is 235 g/mol. The molecule has 0 radical (unpaired) electrons. The third-order valence-electron chi connectivity index (χ3n) is 3.82. The van der Waals surface area contributed by atoms with Crippen molar-refractivity contribution in [1.82, 2.24) is 14.7 Å². The Labute approximate surface area is 103 Å². The Balaban J connectivity index is 2.21. The molecule has 94 valence electrons. The van der Waals surface area contributed by atoms with Gasteiger partial charge in [-0.2, -0.15) is 5.10 Å². The van der Waals surface area contributed by atoms with Gasteiger partial charge in [0.1, 0.15) is 0 Å². The van der Waals surface area contributed by atoms with Crippen LogP contribution in [0, 0.1) is 6.92 Å². The number of carbonyl (C=O) groups is 1. The highest BCUT2D eigenvalue weighted by Crippen LogP contribution is 2.22. The number of amides is 1. The predicted molar refractivity (Wildman–Crippen MR) is 66.9 cm³/mol. The molecule has 4 nitrogen and oxygen atoms in total. The highest BCUT2D eigenvalue weighted by molar-refractivity contribution is 5.95. The Morgan fingerprint density at radius 1 is 1.53 bits per heavy atom. The second kappa shape index (κ2) is 4.90. The molecule has 0 N–H and O–H groups in total. The van der Waals surface area contributed by atoms with Crippen molar-refractivity contribution in [2.24, 2.45) is 7.05 Å². The molecule has 0 saturated carbocycles. The van der Waals surface area contributed by atoms with Crippen LogP contribution in [0.4, 0.5) is 0 Å². The standard InChI is InChI=1S/C13H21N3O/c1-4-11-7-5-6-8-16(11)13(17)12-9-14-15(3)10(12)2/h9,11H,4-8H2,1-3H3. The second-order valence-corrected chi connectivity index (χ2v) is 4.82. The van der Waals surface area contributed by atoms with Gasteiger partial charge in [0.05, 0.1) is 11.8 Å². The molecule has 1 aliphatic rings. The Morgan fingerprint density at radius 3 is 2.88 bits per heavy atom. The van der Waals surface area contributed by atoms with Crippen molar-refractivity contribution in [3.05, 3.63) is 17.5 Å². The molecule has 0 aromatic carbocycles. The molecule has 1 fully saturated rings. The second-order valence-electron chi connectivity index (χ2n) is 4.82. The number of likely N-dealkylation sites (tertiary alicyclic amines) is 1. The zero-order valence-corrected chi connectivity index (χ0v) is 10.9. The van der Waals surface area contributed by atoms with Gasteiger partial charge in [-0.3, -0.25) is 9.48 Å². The lowest BCUT2D eigenvalue weighted by molar-refractivity contribution is 0.0607. The van der Waals surface area contributed by atoms with E-state index in [1.54, 1.807) is 10.9 Å². The molecule has 2 heterocycles. The van der Waals surface area contributed by atoms with Crippen LogP contribution in [0.2, 0.25) is 0 Å². The van der Waals surface area contributed by atoms with E-state index in [4.69, 9.17) is 0 Å². The summed E-state index contributed by atoms with van der Waals surface area (Å²) in [4.78, 5) is 14.5. The molecule has 1 amide bonds. The minimum Gasteiger partial charge on any atom is -0.336 e. The Kier molecular flexibility index (Phi) is 3.50. The fourth-order valence-corrected chi connectivity index (χ4v) is 2.56. The molecule has 17 heavy (non-hydrogen) atoms. The Hall–Kier alpha value is -1.32. The molecule has 1 saturated heterocycles. The molecule has 1 aromatic rings. The molecule has 2 rings (SSSR count). The normalized spacial score (nSPS) is 20.6. The molecule has 0 spiro atoms. The molecular weight excluding hydrogens is 214 g/mol. The maximum Gasteiger partial charge on any atom is 0.257 e. The predicted octanol–water partition coefficient (Wildman–Crippen LogP) is 2.13. The smallest absolute Gasteiger partial charge is 0.257 e. The first kappa shape index (κ1) is 12.1. The van der Waals surface area contributed by atoms with Gasteiger partial charge in [0.25, 0.3) is 5.91 Å². The van der Waals surface area contributed by atoms with Crippen molar-refractivity contribution in [2.75, 3.05) is 6.54 Å². The SMILES string of the molecule is CCC1CCCCN1C(=O)c1cnn(C)c1C. The molecule has 1 unspecified atom stereocenters. The third-order valence-corrected chi connectivity index (χ3v) is 3.82. The number of rotatable bonds is 2. The van der Waals surface area contributed by atoms with Gasteiger partial charge in [-0.25, -0.2) is 0 Å². The number of nitrogens with zero attached hydrogens (tertiary/aromatic N) is 3. The first-order chi connectivity index (χ1) is 8.15. The summed E-state index contributed by atoms with van der Waals surface area (Å²) in [5.74, 6) is 0.155. The molecular formula is C13H21N3O. The van der Waals surface area contributed by atoms with Crippen molar-refractivity contribution in [3.8, 4) is 0 Å². The van der Waals surface area contributed by atoms with Gasteiger partial charge in [-0.1, -0.05) is 6.92 Å². The molecule has 1 aliphatic heterocycles. The summed E-state index contributed by atoms with van der Waals surface area (Å²) >= 11 is 0. The zero-order chi connectivity index (χ0) is 12.4. The molecule has 4 heteroatoms. The number of hydrogen-bond donors (Lipinski definition) is 0. The Morgan fingerprint density at radius 2 is 2.29 bits per heavy atom. The molecule has 0 aliphatic carbocycles. The van der Waals surface area contributed by atoms with Crippen LogP contribution in [-0.2, 0) is 7.05 Å². The number of piperidine rings is 1. The van der Waals surface area contributed by atoms with Gasteiger partial charge in [-0.05, 0) is 32.6 Å². The van der Waals surface area contributed by atoms with E-state index in [1.165, 1.54) is 6.42 Å². The highest BCUT2D eigenvalue weighted by atomic mass is 16.2. The quantitative estimate of drug-likeness (QED) is 0.787. The maximum atomic E-state index is 12.5. The van der Waals surface area contributed by atoms with Crippen LogP contribution in [0.3, 0.4) is 0 Å². The Bertz CT molecular complexity index is 411. The van der Waals surface area contributed by atoms with Crippen molar-refractivity contribution in [3.63, 3.8) is 0 Å². The number of carbonyl (C=O) groups excluding carboxylic acids is 1. The minimum absolute atomic E-state index is 0.155. The number of aryl methyl sites for hydroxylation is 1. The van der Waals surface area contributed by atoms with Crippen molar-refractivity contribution in [1.29, 1.82) is 0 Å². The van der Waals surface area contributed by atoms with Gasteiger partial charge >= 0.3 is 0 Å². The van der Waals surface area contributed by atoms with E-state index >= 15 is 0 Å². The lowest BCUT2D eigenvalue weighted by Gasteiger charge is -2.35. The summed E-state index contributed by atoms with van der Waals surface area (Å²) in [6.07, 6.45) is 6.25. The summed E-state index contributed by atoms with van der Waals surface area (Å²) in [5, 5.41) is 4.15. The van der Waals surface area contributed by atoms with Crippen LogP contribution >= 0.6 is 0 Å². The van der Waals surface area contributed by atoms with E-state index < -0.39 is 0 Å². The third kappa shape index (κ3) is 2.21. The van der Waals surface area contributed by atoms with E-state index in [9.17, 15) is 4.79 Å². The van der Waals surface area contributed by atoms with Crippen LogP contribution in [0.1, 0.15) is 48.7 Å². The lowest BCUT2D eigenvalue weighted by Crippen LogP contribution is -2.43. The van der Waals surface area contributed by atoms with Gasteiger partial charge in [0.15, 0.2) is 0 Å². The van der Waals surface area contributed by atoms with Crippen LogP contribution in [-0.4, -0.2) is 33.2 Å². The summed E-state index contributed by atoms with van der Waals surface area (Å²) in [6.45, 7) is 5.00. The van der Waals surface area contributed by atoms with Gasteiger partial charge < -0.3 is 4.90 Å². The average Bonchev–Trinajstić information content (AvgIpc) is 2.69. The fourth-order valence-electron chi connectivity index (χ4n) is 2.56. The van der Waals surface area contributed by atoms with E-state index in [-0.39, 0.29) is 5.91 Å². The first-order valence-electron chi connectivity index (χ1n) is 6.44. The summed E-state index contributed by atoms with van der Waals surface area (Å²) in [7, 11) is 1.87. The lowest BCUT2D eigenvalue weighted by atomic mass is 9.99. The first-order valence-corrected chi connectivity index (χ1v) is 6.44. The maximum absolute atomic E-state index is 12.5. The zero-order valence-electron chi connectivity index (χ0n) is 10.9. The van der Waals surface area contributed by atoms with Crippen molar-refractivity contribution < 1.29 is 4.79 Å². The summed E-state index contributed by atoms with van der Waals surface area (Å²) < 4.78 is 1.76. The number of hydrogen-bond acceptors (Lipinski definition) is 2. The number of aromatic nitrogens is 2. The van der Waals surface area contributed by atoms with Crippen LogP contribution < -0.4 is 0 Å². The topological polar surface area (TPSA) is 38.1 Å². The van der Waals surface area contributed by atoms with E-state index in [2.05, 4.69) is 12.0 Å². The van der Waals surface area contributed by atoms with E-state index in [1.807, 2.05) is 18.9 Å². The summed E-state index contributed by atoms with van der Waals surface area (Å²) in [6, 6.07) is 0.413.